The molecule has 6 nitrogen and oxygen atoms in total. The van der Waals surface area contributed by atoms with Gasteiger partial charge in [-0.1, -0.05) is 12.1 Å². The van der Waals surface area contributed by atoms with Gasteiger partial charge in [-0.3, -0.25) is 0 Å². The zero-order valence-corrected chi connectivity index (χ0v) is 19.8. The van der Waals surface area contributed by atoms with E-state index in [4.69, 9.17) is 4.74 Å². The molecule has 10 heteroatoms. The Morgan fingerprint density at radius 1 is 1.06 bits per heavy atom. The minimum atomic E-state index is -2.93. The third kappa shape index (κ3) is 7.57. The predicted octanol–water partition coefficient (Wildman–Crippen LogP) is 5.00. The highest BCUT2D eigenvalue weighted by Gasteiger charge is 2.37. The number of benzene rings is 2. The van der Waals surface area contributed by atoms with Gasteiger partial charge in [0, 0.05) is 25.3 Å². The first kappa shape index (κ1) is 26.2. The van der Waals surface area contributed by atoms with Gasteiger partial charge in [-0.25, -0.2) is 13.6 Å². The zero-order valence-electron chi connectivity index (χ0n) is 19.8. The zero-order chi connectivity index (χ0) is 25.5. The van der Waals surface area contributed by atoms with Crippen LogP contribution >= 0.6 is 0 Å². The van der Waals surface area contributed by atoms with E-state index in [0.29, 0.717) is 18.2 Å². The van der Waals surface area contributed by atoms with Crippen LogP contribution in [0.3, 0.4) is 0 Å². The standard InChI is InChI=1S/C26H31F4N3O3/c27-19-3-1-17(2-4-19)15-18-9-12-33(13-10-18)16-23-24(22(28)11-14-35-23)32-26(34)31-20-5-7-21(8-6-20)36-25(29)30/h1-8,18,22-25H,9-16H2,(H2,31,32,34). The minimum Gasteiger partial charge on any atom is -0.435 e. The van der Waals surface area contributed by atoms with Gasteiger partial charge in [0.15, 0.2) is 0 Å². The largest absolute Gasteiger partial charge is 0.435 e. The number of urea groups is 1. The highest BCUT2D eigenvalue weighted by Crippen LogP contribution is 2.25. The van der Waals surface area contributed by atoms with Crippen molar-refractivity contribution < 1.29 is 31.8 Å². The summed E-state index contributed by atoms with van der Waals surface area (Å²) in [6.07, 6.45) is 1.32. The number of carbonyl (C=O) groups is 1. The second-order valence-corrected chi connectivity index (χ2v) is 9.32. The fourth-order valence-electron chi connectivity index (χ4n) is 4.82. The lowest BCUT2D eigenvalue weighted by molar-refractivity contribution is -0.0590. The molecule has 2 fully saturated rings. The molecule has 0 radical (unpaired) electrons. The highest BCUT2D eigenvalue weighted by molar-refractivity contribution is 5.89. The third-order valence-electron chi connectivity index (χ3n) is 6.73. The first-order valence-corrected chi connectivity index (χ1v) is 12.2. The summed E-state index contributed by atoms with van der Waals surface area (Å²) in [6.45, 7) is -0.451. The lowest BCUT2D eigenvalue weighted by Crippen LogP contribution is -2.58. The van der Waals surface area contributed by atoms with Crippen LogP contribution in [0.2, 0.25) is 0 Å². The first-order chi connectivity index (χ1) is 17.4. The molecular weight excluding hydrogens is 478 g/mol. The quantitative estimate of drug-likeness (QED) is 0.492. The van der Waals surface area contributed by atoms with E-state index >= 15 is 0 Å². The third-order valence-corrected chi connectivity index (χ3v) is 6.73. The number of amides is 2. The number of hydrogen-bond acceptors (Lipinski definition) is 4. The fourth-order valence-corrected chi connectivity index (χ4v) is 4.82. The summed E-state index contributed by atoms with van der Waals surface area (Å²) in [4.78, 5) is 14.8. The van der Waals surface area contributed by atoms with Crippen LogP contribution in [-0.4, -0.2) is 62.1 Å². The van der Waals surface area contributed by atoms with Crippen molar-refractivity contribution >= 4 is 11.7 Å². The lowest BCUT2D eigenvalue weighted by Gasteiger charge is -2.39. The van der Waals surface area contributed by atoms with E-state index < -0.39 is 31.0 Å². The van der Waals surface area contributed by atoms with Crippen molar-refractivity contribution in [1.29, 1.82) is 0 Å². The summed E-state index contributed by atoms with van der Waals surface area (Å²) in [6, 6.07) is 10.7. The molecular formula is C26H31F4N3O3. The Kier molecular flexibility index (Phi) is 9.03. The summed E-state index contributed by atoms with van der Waals surface area (Å²) in [5, 5.41) is 5.29. The van der Waals surface area contributed by atoms with Crippen molar-refractivity contribution in [3.63, 3.8) is 0 Å². The van der Waals surface area contributed by atoms with Crippen LogP contribution in [0.15, 0.2) is 48.5 Å². The number of nitrogens with one attached hydrogen (secondary N) is 2. The summed E-state index contributed by atoms with van der Waals surface area (Å²) in [7, 11) is 0. The Morgan fingerprint density at radius 2 is 1.75 bits per heavy atom. The molecule has 0 aromatic heterocycles. The maximum atomic E-state index is 14.8. The van der Waals surface area contributed by atoms with Gasteiger partial charge in [0.05, 0.1) is 12.1 Å². The van der Waals surface area contributed by atoms with E-state index in [9.17, 15) is 22.4 Å². The number of carbonyl (C=O) groups excluding carboxylic acids is 1. The van der Waals surface area contributed by atoms with E-state index in [0.717, 1.165) is 37.9 Å². The number of rotatable bonds is 8. The Labute approximate surface area is 207 Å². The average Bonchev–Trinajstić information content (AvgIpc) is 2.85. The van der Waals surface area contributed by atoms with Crippen LogP contribution in [0, 0.1) is 11.7 Å². The van der Waals surface area contributed by atoms with Crippen molar-refractivity contribution in [2.24, 2.45) is 5.92 Å². The molecule has 2 aliphatic heterocycles. The number of halogens is 4. The summed E-state index contributed by atoms with van der Waals surface area (Å²) >= 11 is 0. The number of alkyl halides is 3. The van der Waals surface area contributed by atoms with Crippen molar-refractivity contribution in [3.8, 4) is 5.75 Å². The SMILES string of the molecule is O=C(Nc1ccc(OC(F)F)cc1)NC1C(F)CCOC1CN1CCC(Cc2ccc(F)cc2)CC1. The number of likely N-dealkylation sites (tertiary alicyclic amines) is 1. The Hall–Kier alpha value is -2.85. The number of hydrogen-bond donors (Lipinski definition) is 2. The number of ether oxygens (including phenoxy) is 2. The number of anilines is 1. The molecule has 2 N–H and O–H groups in total. The Morgan fingerprint density at radius 3 is 2.42 bits per heavy atom. The van der Waals surface area contributed by atoms with E-state index in [1.54, 1.807) is 0 Å². The molecule has 36 heavy (non-hydrogen) atoms. The molecule has 196 valence electrons. The number of piperidine rings is 1. The van der Waals surface area contributed by atoms with Crippen LogP contribution in [0.5, 0.6) is 5.75 Å². The molecule has 0 saturated carbocycles. The molecule has 0 aliphatic carbocycles. The molecule has 2 saturated heterocycles. The average molecular weight is 510 g/mol. The van der Waals surface area contributed by atoms with E-state index in [2.05, 4.69) is 20.3 Å². The maximum absolute atomic E-state index is 14.8. The molecule has 2 heterocycles. The summed E-state index contributed by atoms with van der Waals surface area (Å²) in [5.74, 6) is 0.244. The van der Waals surface area contributed by atoms with Crippen molar-refractivity contribution in [2.45, 2.75) is 50.6 Å². The lowest BCUT2D eigenvalue weighted by atomic mass is 9.89. The van der Waals surface area contributed by atoms with E-state index in [1.165, 1.54) is 36.4 Å². The van der Waals surface area contributed by atoms with Crippen molar-refractivity contribution in [2.75, 3.05) is 31.6 Å². The normalized spacial score (nSPS) is 23.4. The van der Waals surface area contributed by atoms with Crippen LogP contribution in [0.1, 0.15) is 24.8 Å². The van der Waals surface area contributed by atoms with Gasteiger partial charge in [0.25, 0.3) is 0 Å². The number of nitrogens with zero attached hydrogens (tertiary/aromatic N) is 1. The highest BCUT2D eigenvalue weighted by atomic mass is 19.3. The van der Waals surface area contributed by atoms with Crippen LogP contribution in [-0.2, 0) is 11.2 Å². The smallest absolute Gasteiger partial charge is 0.387 e. The molecule has 4 rings (SSSR count). The van der Waals surface area contributed by atoms with Crippen molar-refractivity contribution in [1.82, 2.24) is 10.2 Å². The van der Waals surface area contributed by atoms with Crippen molar-refractivity contribution in [3.05, 3.63) is 59.9 Å². The summed E-state index contributed by atoms with van der Waals surface area (Å²) in [5.41, 5.74) is 1.48. The maximum Gasteiger partial charge on any atom is 0.387 e. The first-order valence-electron chi connectivity index (χ1n) is 12.2. The minimum absolute atomic E-state index is 0.0260. The molecule has 0 spiro atoms. The van der Waals surface area contributed by atoms with Crippen LogP contribution in [0.4, 0.5) is 28.0 Å². The van der Waals surface area contributed by atoms with Gasteiger partial charge in [-0.15, -0.1) is 0 Å². The fraction of sp³-hybridized carbons (Fsp3) is 0.500. The molecule has 2 aromatic carbocycles. The second kappa shape index (κ2) is 12.4. The molecule has 2 aliphatic rings. The van der Waals surface area contributed by atoms with Gasteiger partial charge >= 0.3 is 12.6 Å². The van der Waals surface area contributed by atoms with Gasteiger partial charge in [0.2, 0.25) is 0 Å². The van der Waals surface area contributed by atoms with E-state index in [-0.39, 0.29) is 24.6 Å². The summed E-state index contributed by atoms with van der Waals surface area (Å²) < 4.78 is 62.7. The molecule has 2 amide bonds. The van der Waals surface area contributed by atoms with Gasteiger partial charge in [-0.2, -0.15) is 8.78 Å². The Balaban J connectivity index is 1.26. The van der Waals surface area contributed by atoms with Gasteiger partial charge < -0.3 is 25.0 Å². The topological polar surface area (TPSA) is 62.8 Å². The van der Waals surface area contributed by atoms with Crippen LogP contribution in [0.25, 0.3) is 0 Å². The Bertz CT molecular complexity index is 969. The van der Waals surface area contributed by atoms with E-state index in [1.807, 2.05) is 12.1 Å². The van der Waals surface area contributed by atoms with Gasteiger partial charge in [0.1, 0.15) is 17.7 Å². The molecule has 3 unspecified atom stereocenters. The van der Waals surface area contributed by atoms with Gasteiger partial charge in [-0.05, 0) is 80.2 Å². The molecule has 2 aromatic rings. The molecule has 3 atom stereocenters. The predicted molar refractivity (Wildman–Crippen MR) is 128 cm³/mol. The van der Waals surface area contributed by atoms with Crippen LogP contribution < -0.4 is 15.4 Å². The monoisotopic (exact) mass is 509 g/mol. The second-order valence-electron chi connectivity index (χ2n) is 9.32. The molecule has 0 bridgehead atoms.